The van der Waals surface area contributed by atoms with Crippen molar-refractivity contribution in [2.75, 3.05) is 6.26 Å². The molecule has 54 valence electrons. The Hall–Kier alpha value is -0.230. The first-order chi connectivity index (χ1) is 3.85. The smallest absolute Gasteiger partial charge is 0.245 e. The van der Waals surface area contributed by atoms with E-state index in [1.165, 1.54) is 0 Å². The lowest BCUT2D eigenvalue weighted by atomic mass is 10.8. The van der Waals surface area contributed by atoms with E-state index in [4.69, 9.17) is 0 Å². The summed E-state index contributed by atoms with van der Waals surface area (Å²) in [6.45, 7) is 0. The molecule has 1 atom stereocenters. The molecule has 0 radical (unpaired) electrons. The summed E-state index contributed by atoms with van der Waals surface area (Å²) in [7, 11) is -3.41. The Bertz CT molecular complexity index is 207. The second kappa shape index (κ2) is 2.57. The van der Waals surface area contributed by atoms with Crippen molar-refractivity contribution >= 4 is 28.4 Å². The SMILES string of the molecule is CS(=O)(=O)C(S)C(N)=O. The molecular formula is C3H7NO3S2. The highest BCUT2D eigenvalue weighted by atomic mass is 32.2. The molecule has 6 heteroatoms. The van der Waals surface area contributed by atoms with Gasteiger partial charge in [-0.15, -0.1) is 0 Å². The highest BCUT2D eigenvalue weighted by Gasteiger charge is 2.21. The van der Waals surface area contributed by atoms with Crippen molar-refractivity contribution in [2.24, 2.45) is 5.73 Å². The van der Waals surface area contributed by atoms with Crippen LogP contribution in [0.25, 0.3) is 0 Å². The third kappa shape index (κ3) is 2.71. The van der Waals surface area contributed by atoms with Gasteiger partial charge in [0.1, 0.15) is 0 Å². The molecule has 0 saturated carbocycles. The average molecular weight is 169 g/mol. The number of hydrogen-bond acceptors (Lipinski definition) is 4. The van der Waals surface area contributed by atoms with Crippen molar-refractivity contribution in [2.45, 2.75) is 4.58 Å². The summed E-state index contributed by atoms with van der Waals surface area (Å²) >= 11 is 3.44. The molecule has 2 N–H and O–H groups in total. The number of rotatable bonds is 2. The van der Waals surface area contributed by atoms with E-state index >= 15 is 0 Å². The van der Waals surface area contributed by atoms with Crippen LogP contribution in [-0.2, 0) is 14.6 Å². The monoisotopic (exact) mass is 169 g/mol. The minimum absolute atomic E-state index is 0.898. The van der Waals surface area contributed by atoms with E-state index in [2.05, 4.69) is 18.4 Å². The molecule has 0 aliphatic heterocycles. The van der Waals surface area contributed by atoms with Crippen LogP contribution in [0.15, 0.2) is 0 Å². The van der Waals surface area contributed by atoms with E-state index in [1.807, 2.05) is 0 Å². The summed E-state index contributed by atoms with van der Waals surface area (Å²) in [4.78, 5) is 10.1. The summed E-state index contributed by atoms with van der Waals surface area (Å²) in [5.74, 6) is -0.944. The van der Waals surface area contributed by atoms with Gasteiger partial charge in [-0.3, -0.25) is 4.79 Å². The second-order valence-electron chi connectivity index (χ2n) is 1.58. The highest BCUT2D eigenvalue weighted by Crippen LogP contribution is 2.01. The van der Waals surface area contributed by atoms with Gasteiger partial charge in [-0.1, -0.05) is 0 Å². The number of hydrogen-bond donors (Lipinski definition) is 2. The average Bonchev–Trinajstić information content (AvgIpc) is 1.62. The van der Waals surface area contributed by atoms with Crippen LogP contribution in [0.2, 0.25) is 0 Å². The lowest BCUT2D eigenvalue weighted by molar-refractivity contribution is -0.116. The van der Waals surface area contributed by atoms with E-state index in [0.29, 0.717) is 0 Å². The molecule has 0 aromatic rings. The Labute approximate surface area is 58.8 Å². The van der Waals surface area contributed by atoms with Gasteiger partial charge >= 0.3 is 0 Å². The maximum Gasteiger partial charge on any atom is 0.245 e. The van der Waals surface area contributed by atoms with Gasteiger partial charge < -0.3 is 5.73 Å². The lowest BCUT2D eigenvalue weighted by Crippen LogP contribution is -2.30. The first kappa shape index (κ1) is 8.77. The number of primary amides is 1. The first-order valence-corrected chi connectivity index (χ1v) is 4.49. The number of amides is 1. The quantitative estimate of drug-likeness (QED) is 0.508. The van der Waals surface area contributed by atoms with Crippen molar-refractivity contribution in [3.8, 4) is 0 Å². The summed E-state index contributed by atoms with van der Waals surface area (Å²) < 4.78 is 19.4. The molecule has 0 rings (SSSR count). The van der Waals surface area contributed by atoms with Gasteiger partial charge in [-0.2, -0.15) is 12.6 Å². The summed E-state index contributed by atoms with van der Waals surface area (Å²) in [5, 5.41) is 0. The Morgan fingerprint density at radius 2 is 2.00 bits per heavy atom. The molecule has 1 unspecified atom stereocenters. The van der Waals surface area contributed by atoms with Crippen molar-refractivity contribution in [1.29, 1.82) is 0 Å². The zero-order valence-corrected chi connectivity index (χ0v) is 6.45. The van der Waals surface area contributed by atoms with Gasteiger partial charge in [0, 0.05) is 6.26 Å². The van der Waals surface area contributed by atoms with Gasteiger partial charge in [0.25, 0.3) is 0 Å². The Morgan fingerprint density at radius 1 is 1.67 bits per heavy atom. The fourth-order valence-electron chi connectivity index (χ4n) is 0.211. The van der Waals surface area contributed by atoms with Crippen LogP contribution < -0.4 is 5.73 Å². The molecule has 0 aromatic carbocycles. The van der Waals surface area contributed by atoms with Gasteiger partial charge in [-0.05, 0) is 0 Å². The predicted octanol–water partition coefficient (Wildman–Crippen LogP) is -1.23. The van der Waals surface area contributed by atoms with Crippen molar-refractivity contribution in [3.63, 3.8) is 0 Å². The molecule has 0 aliphatic rings. The number of carbonyl (C=O) groups is 1. The summed E-state index contributed by atoms with van der Waals surface area (Å²) in [5.41, 5.74) is 4.63. The fourth-order valence-corrected chi connectivity index (χ4v) is 0.633. The molecule has 0 spiro atoms. The normalized spacial score (nSPS) is 14.9. The molecular weight excluding hydrogens is 162 g/mol. The molecule has 0 aliphatic carbocycles. The minimum Gasteiger partial charge on any atom is -0.368 e. The van der Waals surface area contributed by atoms with Gasteiger partial charge in [0.15, 0.2) is 14.4 Å². The maximum atomic E-state index is 10.4. The third-order valence-electron chi connectivity index (χ3n) is 0.649. The van der Waals surface area contributed by atoms with E-state index in [1.54, 1.807) is 0 Å². The highest BCUT2D eigenvalue weighted by molar-refractivity contribution is 8.05. The van der Waals surface area contributed by atoms with Crippen LogP contribution in [0, 0.1) is 0 Å². The first-order valence-electron chi connectivity index (χ1n) is 2.02. The van der Waals surface area contributed by atoms with Crippen molar-refractivity contribution in [3.05, 3.63) is 0 Å². The lowest BCUT2D eigenvalue weighted by Gasteiger charge is -2.00. The van der Waals surface area contributed by atoms with Crippen LogP contribution in [-0.4, -0.2) is 25.2 Å². The van der Waals surface area contributed by atoms with Gasteiger partial charge in [0.05, 0.1) is 0 Å². The molecule has 9 heavy (non-hydrogen) atoms. The molecule has 0 fully saturated rings. The minimum atomic E-state index is -3.41. The molecule has 1 amide bonds. The van der Waals surface area contributed by atoms with Gasteiger partial charge in [0.2, 0.25) is 5.91 Å². The van der Waals surface area contributed by atoms with E-state index < -0.39 is 20.3 Å². The van der Waals surface area contributed by atoms with Crippen LogP contribution in [0.1, 0.15) is 0 Å². The Morgan fingerprint density at radius 3 is 2.00 bits per heavy atom. The standard InChI is InChI=1S/C3H7NO3S2/c1-9(6,7)3(8)2(4)5/h3,8H,1H3,(H2,4,5). The predicted molar refractivity (Wildman–Crippen MR) is 36.8 cm³/mol. The van der Waals surface area contributed by atoms with Crippen LogP contribution >= 0.6 is 12.6 Å². The second-order valence-corrected chi connectivity index (χ2v) is 4.58. The van der Waals surface area contributed by atoms with Crippen LogP contribution in [0.3, 0.4) is 0 Å². The van der Waals surface area contributed by atoms with E-state index in [0.717, 1.165) is 6.26 Å². The van der Waals surface area contributed by atoms with Crippen LogP contribution in [0.5, 0.6) is 0 Å². The Kier molecular flexibility index (Phi) is 2.50. The zero-order valence-electron chi connectivity index (χ0n) is 4.73. The van der Waals surface area contributed by atoms with Crippen molar-refractivity contribution in [1.82, 2.24) is 0 Å². The Balaban J connectivity index is 4.43. The molecule has 0 saturated heterocycles. The number of thiol groups is 1. The fraction of sp³-hybridized carbons (Fsp3) is 0.667. The van der Waals surface area contributed by atoms with Crippen LogP contribution in [0.4, 0.5) is 0 Å². The zero-order chi connectivity index (χ0) is 7.65. The molecule has 0 aromatic heterocycles. The van der Waals surface area contributed by atoms with E-state index in [9.17, 15) is 13.2 Å². The molecule has 0 heterocycles. The largest absolute Gasteiger partial charge is 0.368 e. The number of sulfone groups is 1. The van der Waals surface area contributed by atoms with E-state index in [-0.39, 0.29) is 0 Å². The topological polar surface area (TPSA) is 77.2 Å². The van der Waals surface area contributed by atoms with Crippen molar-refractivity contribution < 1.29 is 13.2 Å². The maximum absolute atomic E-state index is 10.4. The van der Waals surface area contributed by atoms with Gasteiger partial charge in [-0.25, -0.2) is 8.42 Å². The molecule has 0 bridgehead atoms. The number of carbonyl (C=O) groups excluding carboxylic acids is 1. The number of nitrogens with two attached hydrogens (primary N) is 1. The summed E-state index contributed by atoms with van der Waals surface area (Å²) in [6, 6.07) is 0. The molecule has 4 nitrogen and oxygen atoms in total. The summed E-state index contributed by atoms with van der Waals surface area (Å²) in [6.07, 6.45) is 0.898. The third-order valence-corrected chi connectivity index (χ3v) is 3.10.